The highest BCUT2D eigenvalue weighted by atomic mass is 16.5. The summed E-state index contributed by atoms with van der Waals surface area (Å²) in [5, 5.41) is 10.3. The summed E-state index contributed by atoms with van der Waals surface area (Å²) >= 11 is 0. The van der Waals surface area contributed by atoms with Crippen molar-refractivity contribution in [1.29, 1.82) is 0 Å². The van der Waals surface area contributed by atoms with Crippen molar-refractivity contribution in [3.63, 3.8) is 0 Å². The van der Waals surface area contributed by atoms with E-state index in [4.69, 9.17) is 4.74 Å². The number of ether oxygens (including phenoxy) is 1. The molecule has 2 N–H and O–H groups in total. The molecule has 1 unspecified atom stereocenters. The van der Waals surface area contributed by atoms with Gasteiger partial charge in [0.1, 0.15) is 0 Å². The molecule has 0 saturated carbocycles. The maximum atomic E-state index is 12.1. The van der Waals surface area contributed by atoms with Gasteiger partial charge in [0.05, 0.1) is 12.8 Å². The van der Waals surface area contributed by atoms with Gasteiger partial charge in [0, 0.05) is 16.9 Å². The van der Waals surface area contributed by atoms with E-state index in [0.29, 0.717) is 0 Å². The van der Waals surface area contributed by atoms with E-state index in [9.17, 15) is 4.79 Å². The second-order valence-corrected chi connectivity index (χ2v) is 4.76. The number of H-pyrrole nitrogens is 1. The lowest BCUT2D eigenvalue weighted by molar-refractivity contribution is -0.141. The van der Waals surface area contributed by atoms with E-state index in [-0.39, 0.29) is 5.97 Å². The number of hydrogen-bond donors (Lipinski definition) is 2. The first kappa shape index (κ1) is 14.1. The zero-order valence-corrected chi connectivity index (χ0v) is 12.2. The van der Waals surface area contributed by atoms with Gasteiger partial charge in [0.25, 0.3) is 0 Å². The topological polar surface area (TPSA) is 67.0 Å². The number of nitrogens with one attached hydrogen (secondary N) is 2. The van der Waals surface area contributed by atoms with Gasteiger partial charge in [-0.2, -0.15) is 5.10 Å². The average molecular weight is 273 g/mol. The molecule has 0 amide bonds. The van der Waals surface area contributed by atoms with Crippen LogP contribution in [0.1, 0.15) is 28.6 Å². The fourth-order valence-electron chi connectivity index (χ4n) is 2.24. The Morgan fingerprint density at radius 1 is 1.30 bits per heavy atom. The van der Waals surface area contributed by atoms with Crippen LogP contribution in [0.5, 0.6) is 0 Å². The molecule has 0 bridgehead atoms. The van der Waals surface area contributed by atoms with E-state index in [0.717, 1.165) is 28.2 Å². The van der Waals surface area contributed by atoms with Crippen molar-refractivity contribution < 1.29 is 9.53 Å². The van der Waals surface area contributed by atoms with Gasteiger partial charge in [0.15, 0.2) is 6.04 Å². The van der Waals surface area contributed by atoms with E-state index >= 15 is 0 Å². The molecule has 0 aliphatic heterocycles. The minimum Gasteiger partial charge on any atom is -0.467 e. The Morgan fingerprint density at radius 2 is 2.00 bits per heavy atom. The van der Waals surface area contributed by atoms with Crippen molar-refractivity contribution in [2.24, 2.45) is 0 Å². The molecule has 1 atom stereocenters. The van der Waals surface area contributed by atoms with Gasteiger partial charge in [-0.25, -0.2) is 4.79 Å². The number of hydrogen-bond acceptors (Lipinski definition) is 4. The Hall–Kier alpha value is -2.30. The number of esters is 1. The summed E-state index contributed by atoms with van der Waals surface area (Å²) in [5.41, 5.74) is 4.46. The summed E-state index contributed by atoms with van der Waals surface area (Å²) in [7, 11) is 1.39. The first-order valence-corrected chi connectivity index (χ1v) is 6.46. The number of aryl methyl sites for hydroxylation is 3. The molecule has 2 rings (SSSR count). The minimum atomic E-state index is -0.570. The lowest BCUT2D eigenvalue weighted by atomic mass is 10.0. The van der Waals surface area contributed by atoms with Gasteiger partial charge in [0.2, 0.25) is 0 Å². The van der Waals surface area contributed by atoms with Crippen LogP contribution in [-0.2, 0) is 9.53 Å². The minimum absolute atomic E-state index is 0.333. The van der Waals surface area contributed by atoms with E-state index in [1.807, 2.05) is 45.0 Å². The summed E-state index contributed by atoms with van der Waals surface area (Å²) in [5.74, 6) is -0.333. The third-order valence-electron chi connectivity index (χ3n) is 3.36. The normalized spacial score (nSPS) is 12.0. The molecule has 1 aromatic carbocycles. The number of rotatable bonds is 4. The van der Waals surface area contributed by atoms with E-state index in [1.54, 1.807) is 0 Å². The van der Waals surface area contributed by atoms with Gasteiger partial charge in [-0.05, 0) is 32.4 Å². The van der Waals surface area contributed by atoms with Gasteiger partial charge in [-0.3, -0.25) is 5.10 Å². The van der Waals surface area contributed by atoms with Crippen LogP contribution in [0.3, 0.4) is 0 Å². The van der Waals surface area contributed by atoms with E-state index < -0.39 is 6.04 Å². The molecule has 20 heavy (non-hydrogen) atoms. The lowest BCUT2D eigenvalue weighted by Crippen LogP contribution is -2.23. The number of carbonyl (C=O) groups excluding carboxylic acids is 1. The van der Waals surface area contributed by atoms with Crippen LogP contribution in [0.25, 0.3) is 0 Å². The molecule has 0 radical (unpaired) electrons. The zero-order chi connectivity index (χ0) is 14.7. The van der Waals surface area contributed by atoms with Crippen LogP contribution in [-0.4, -0.2) is 23.3 Å². The number of benzene rings is 1. The van der Waals surface area contributed by atoms with Crippen molar-refractivity contribution in [3.8, 4) is 0 Å². The molecule has 0 spiro atoms. The smallest absolute Gasteiger partial charge is 0.333 e. The van der Waals surface area contributed by atoms with Crippen molar-refractivity contribution in [3.05, 3.63) is 46.8 Å². The fraction of sp³-hybridized carbons (Fsp3) is 0.333. The highest BCUT2D eigenvalue weighted by Crippen LogP contribution is 2.26. The molecular formula is C15H19N3O2. The lowest BCUT2D eigenvalue weighted by Gasteiger charge is -2.19. The molecule has 1 heterocycles. The van der Waals surface area contributed by atoms with Crippen LogP contribution in [0, 0.1) is 20.8 Å². The molecule has 0 saturated heterocycles. The third-order valence-corrected chi connectivity index (χ3v) is 3.36. The standard InChI is InChI=1S/C15H19N3O2/c1-9-7-5-6-8-12(9)16-14(15(19)20-4)13-10(2)17-18-11(13)3/h5-8,14,16H,1-4H3,(H,17,18). The Kier molecular flexibility index (Phi) is 4.08. The van der Waals surface area contributed by atoms with Crippen LogP contribution < -0.4 is 5.32 Å². The Labute approximate surface area is 118 Å². The molecule has 106 valence electrons. The van der Waals surface area contributed by atoms with Crippen LogP contribution in [0.2, 0.25) is 0 Å². The van der Waals surface area contributed by atoms with Crippen LogP contribution >= 0.6 is 0 Å². The third kappa shape index (κ3) is 2.66. The summed E-state index contributed by atoms with van der Waals surface area (Å²) in [6, 6.07) is 7.25. The molecule has 0 fully saturated rings. The number of methoxy groups -OCH3 is 1. The molecule has 0 aliphatic carbocycles. The van der Waals surface area contributed by atoms with Gasteiger partial charge >= 0.3 is 5.97 Å². The van der Waals surface area contributed by atoms with Crippen LogP contribution in [0.4, 0.5) is 5.69 Å². The van der Waals surface area contributed by atoms with E-state index in [1.165, 1.54) is 7.11 Å². The fourth-order valence-corrected chi connectivity index (χ4v) is 2.24. The predicted octanol–water partition coefficient (Wildman–Crippen LogP) is 2.66. The molecule has 5 heteroatoms. The number of aromatic amines is 1. The van der Waals surface area contributed by atoms with Crippen molar-refractivity contribution in [1.82, 2.24) is 10.2 Å². The average Bonchev–Trinajstić information content (AvgIpc) is 2.77. The van der Waals surface area contributed by atoms with Gasteiger partial charge in [-0.15, -0.1) is 0 Å². The highest BCUT2D eigenvalue weighted by molar-refractivity contribution is 5.82. The quantitative estimate of drug-likeness (QED) is 0.840. The predicted molar refractivity (Wildman–Crippen MR) is 77.6 cm³/mol. The van der Waals surface area contributed by atoms with Gasteiger partial charge in [-0.1, -0.05) is 18.2 Å². The summed E-state index contributed by atoms with van der Waals surface area (Å²) in [6.45, 7) is 5.75. The van der Waals surface area contributed by atoms with Crippen LogP contribution in [0.15, 0.2) is 24.3 Å². The summed E-state index contributed by atoms with van der Waals surface area (Å²) in [4.78, 5) is 12.1. The second kappa shape index (κ2) is 5.77. The highest BCUT2D eigenvalue weighted by Gasteiger charge is 2.27. The Balaban J connectivity index is 2.40. The molecule has 2 aromatic rings. The maximum Gasteiger partial charge on any atom is 0.333 e. The first-order chi connectivity index (χ1) is 9.54. The maximum absolute atomic E-state index is 12.1. The monoisotopic (exact) mass is 273 g/mol. The molecule has 5 nitrogen and oxygen atoms in total. The largest absolute Gasteiger partial charge is 0.467 e. The number of aromatic nitrogens is 2. The zero-order valence-electron chi connectivity index (χ0n) is 12.2. The Morgan fingerprint density at radius 3 is 2.55 bits per heavy atom. The number of nitrogens with zero attached hydrogens (tertiary/aromatic N) is 1. The van der Waals surface area contributed by atoms with Gasteiger partial charge < -0.3 is 10.1 Å². The Bertz CT molecular complexity index is 600. The van der Waals surface area contributed by atoms with Crippen molar-refractivity contribution in [2.45, 2.75) is 26.8 Å². The molecule has 0 aliphatic rings. The summed E-state index contributed by atoms with van der Waals surface area (Å²) < 4.78 is 4.92. The van der Waals surface area contributed by atoms with Crippen molar-refractivity contribution in [2.75, 3.05) is 12.4 Å². The molecular weight excluding hydrogens is 254 g/mol. The number of anilines is 1. The number of carbonyl (C=O) groups is 1. The van der Waals surface area contributed by atoms with Crippen molar-refractivity contribution >= 4 is 11.7 Å². The number of para-hydroxylation sites is 1. The second-order valence-electron chi connectivity index (χ2n) is 4.76. The molecule has 1 aromatic heterocycles. The first-order valence-electron chi connectivity index (χ1n) is 6.46. The SMILES string of the molecule is COC(=O)C(Nc1ccccc1C)c1c(C)n[nH]c1C. The summed E-state index contributed by atoms with van der Waals surface area (Å²) in [6.07, 6.45) is 0. The van der Waals surface area contributed by atoms with E-state index in [2.05, 4.69) is 15.5 Å².